The van der Waals surface area contributed by atoms with Gasteiger partial charge in [-0.25, -0.2) is 9.97 Å². The molecule has 2 aromatic carbocycles. The average Bonchev–Trinajstić information content (AvgIpc) is 2.90. The number of nitrogens with one attached hydrogen (secondary N) is 2. The Kier molecular flexibility index (Phi) is 12.3. The summed E-state index contributed by atoms with van der Waals surface area (Å²) in [4.78, 5) is 23.4. The molecule has 1 amide bonds. The fourth-order valence-corrected chi connectivity index (χ4v) is 3.66. The predicted octanol–water partition coefficient (Wildman–Crippen LogP) is 6.22. The van der Waals surface area contributed by atoms with Crippen LogP contribution in [0.3, 0.4) is 0 Å². The second-order valence-corrected chi connectivity index (χ2v) is 8.15. The Balaban J connectivity index is 0.00000210. The molecule has 0 fully saturated rings. The van der Waals surface area contributed by atoms with Crippen molar-refractivity contribution in [2.45, 2.75) is 52.9 Å². The van der Waals surface area contributed by atoms with Crippen molar-refractivity contribution in [2.24, 2.45) is 5.73 Å². The van der Waals surface area contributed by atoms with E-state index in [1.807, 2.05) is 30.3 Å². The van der Waals surface area contributed by atoms with Crippen LogP contribution < -0.4 is 21.3 Å². The summed E-state index contributed by atoms with van der Waals surface area (Å²) in [5.41, 5.74) is 9.28. The fraction of sp³-hybridized carbons (Fsp3) is 0.393. The quantitative estimate of drug-likeness (QED) is 0.287. The van der Waals surface area contributed by atoms with Crippen LogP contribution in [0.5, 0.6) is 0 Å². The van der Waals surface area contributed by atoms with Crippen molar-refractivity contribution in [1.29, 1.82) is 0 Å². The first kappa shape index (κ1) is 27.8. The minimum Gasteiger partial charge on any atom is -0.372 e. The molecule has 0 bridgehead atoms. The van der Waals surface area contributed by atoms with Gasteiger partial charge in [-0.2, -0.15) is 0 Å². The summed E-state index contributed by atoms with van der Waals surface area (Å²) in [5, 5.41) is 6.24. The molecule has 0 aliphatic carbocycles. The Labute approximate surface area is 210 Å². The van der Waals surface area contributed by atoms with E-state index in [9.17, 15) is 4.79 Å². The monoisotopic (exact) mass is 476 g/mol. The standard InChI is InChI=1S/C27H35N5O.CH5N/c1-4-7-8-26(33)29-22-11-9-21(10-12-22)25-17-18-28-27(31-25)30-23-13-15-24(16-14-23)32(19-5-2)20-6-3;1-2/h9-18H,4-8,19-20H2,1-3H3,(H,29,33)(H,28,30,31);2H2,1H3. The van der Waals surface area contributed by atoms with Crippen LogP contribution in [0.1, 0.15) is 52.9 Å². The lowest BCUT2D eigenvalue weighted by Gasteiger charge is -2.24. The van der Waals surface area contributed by atoms with Crippen LogP contribution in [-0.4, -0.2) is 36.0 Å². The molecule has 3 aromatic rings. The summed E-state index contributed by atoms with van der Waals surface area (Å²) in [6.07, 6.45) is 6.48. The van der Waals surface area contributed by atoms with E-state index in [-0.39, 0.29) is 5.91 Å². The number of anilines is 4. The van der Waals surface area contributed by atoms with Gasteiger partial charge >= 0.3 is 0 Å². The van der Waals surface area contributed by atoms with Gasteiger partial charge in [-0.15, -0.1) is 0 Å². The topological polar surface area (TPSA) is 96.2 Å². The first-order valence-electron chi connectivity index (χ1n) is 12.6. The molecule has 3 rings (SSSR count). The number of carbonyl (C=O) groups excluding carboxylic acids is 1. The maximum Gasteiger partial charge on any atom is 0.227 e. The van der Waals surface area contributed by atoms with Gasteiger partial charge in [-0.1, -0.05) is 39.3 Å². The van der Waals surface area contributed by atoms with Crippen molar-refractivity contribution in [2.75, 3.05) is 35.7 Å². The largest absolute Gasteiger partial charge is 0.372 e. The normalized spacial score (nSPS) is 10.2. The molecule has 0 spiro atoms. The second-order valence-electron chi connectivity index (χ2n) is 8.15. The fourth-order valence-electron chi connectivity index (χ4n) is 3.66. The van der Waals surface area contributed by atoms with E-state index >= 15 is 0 Å². The van der Waals surface area contributed by atoms with Crippen molar-refractivity contribution in [3.05, 3.63) is 60.8 Å². The van der Waals surface area contributed by atoms with E-state index in [1.54, 1.807) is 6.20 Å². The van der Waals surface area contributed by atoms with Gasteiger partial charge in [0.2, 0.25) is 11.9 Å². The van der Waals surface area contributed by atoms with Crippen LogP contribution >= 0.6 is 0 Å². The molecule has 1 aromatic heterocycles. The molecule has 0 unspecified atom stereocenters. The van der Waals surface area contributed by atoms with Gasteiger partial charge in [-0.05, 0) is 68.8 Å². The van der Waals surface area contributed by atoms with Crippen LogP contribution in [0.15, 0.2) is 60.8 Å². The molecular formula is C28H40N6O. The van der Waals surface area contributed by atoms with Crippen molar-refractivity contribution in [1.82, 2.24) is 9.97 Å². The number of benzene rings is 2. The highest BCUT2D eigenvalue weighted by Crippen LogP contribution is 2.23. The van der Waals surface area contributed by atoms with Crippen molar-refractivity contribution in [3.63, 3.8) is 0 Å². The lowest BCUT2D eigenvalue weighted by Crippen LogP contribution is -2.24. The zero-order valence-electron chi connectivity index (χ0n) is 21.6. The highest BCUT2D eigenvalue weighted by molar-refractivity contribution is 5.90. The summed E-state index contributed by atoms with van der Waals surface area (Å²) in [7, 11) is 1.50. The molecule has 35 heavy (non-hydrogen) atoms. The van der Waals surface area contributed by atoms with Gasteiger partial charge in [0.15, 0.2) is 0 Å². The number of nitrogens with zero attached hydrogens (tertiary/aromatic N) is 3. The number of rotatable bonds is 12. The number of hydrogen-bond donors (Lipinski definition) is 3. The molecule has 0 radical (unpaired) electrons. The third-order valence-electron chi connectivity index (χ3n) is 5.35. The van der Waals surface area contributed by atoms with Crippen LogP contribution in [0.25, 0.3) is 11.3 Å². The van der Waals surface area contributed by atoms with E-state index in [1.165, 1.54) is 12.7 Å². The van der Waals surface area contributed by atoms with Gasteiger partial charge in [-0.3, -0.25) is 4.79 Å². The predicted molar refractivity (Wildman–Crippen MR) is 148 cm³/mol. The lowest BCUT2D eigenvalue weighted by molar-refractivity contribution is -0.116. The number of carbonyl (C=O) groups is 1. The number of amides is 1. The van der Waals surface area contributed by atoms with Crippen LogP contribution in [0, 0.1) is 0 Å². The Bertz CT molecular complexity index is 999. The summed E-state index contributed by atoms with van der Waals surface area (Å²) < 4.78 is 0. The minimum atomic E-state index is 0.0525. The molecule has 1 heterocycles. The van der Waals surface area contributed by atoms with Crippen LogP contribution in [0.4, 0.5) is 23.0 Å². The van der Waals surface area contributed by atoms with E-state index in [0.29, 0.717) is 12.4 Å². The highest BCUT2D eigenvalue weighted by atomic mass is 16.1. The minimum absolute atomic E-state index is 0.0525. The zero-order valence-corrected chi connectivity index (χ0v) is 21.6. The van der Waals surface area contributed by atoms with Gasteiger partial charge in [0.05, 0.1) is 5.69 Å². The molecule has 7 heteroatoms. The maximum atomic E-state index is 11.9. The first-order chi connectivity index (χ1) is 17.1. The van der Waals surface area contributed by atoms with Crippen LogP contribution in [0.2, 0.25) is 0 Å². The number of hydrogen-bond acceptors (Lipinski definition) is 6. The molecule has 7 nitrogen and oxygen atoms in total. The summed E-state index contributed by atoms with van der Waals surface area (Å²) in [6, 6.07) is 18.1. The van der Waals surface area contributed by atoms with Gasteiger partial charge in [0, 0.05) is 48.3 Å². The molecule has 0 saturated carbocycles. The summed E-state index contributed by atoms with van der Waals surface area (Å²) >= 11 is 0. The van der Waals surface area contributed by atoms with E-state index in [2.05, 4.69) is 76.3 Å². The highest BCUT2D eigenvalue weighted by Gasteiger charge is 2.07. The van der Waals surface area contributed by atoms with Crippen molar-refractivity contribution in [3.8, 4) is 11.3 Å². The number of aromatic nitrogens is 2. The van der Waals surface area contributed by atoms with Gasteiger partial charge in [0.25, 0.3) is 0 Å². The molecule has 0 saturated heterocycles. The Hall–Kier alpha value is -3.45. The third-order valence-corrected chi connectivity index (χ3v) is 5.35. The Morgan fingerprint density at radius 2 is 1.49 bits per heavy atom. The number of unbranched alkanes of at least 4 members (excludes halogenated alkanes) is 1. The second kappa shape index (κ2) is 15.5. The molecule has 0 atom stereocenters. The van der Waals surface area contributed by atoms with E-state index in [4.69, 9.17) is 0 Å². The molecule has 188 valence electrons. The molecule has 0 aliphatic rings. The molecular weight excluding hydrogens is 436 g/mol. The molecule has 4 N–H and O–H groups in total. The zero-order chi connectivity index (χ0) is 25.5. The van der Waals surface area contributed by atoms with E-state index < -0.39 is 0 Å². The smallest absolute Gasteiger partial charge is 0.227 e. The van der Waals surface area contributed by atoms with E-state index in [0.717, 1.165) is 61.4 Å². The summed E-state index contributed by atoms with van der Waals surface area (Å²) in [6.45, 7) is 8.62. The van der Waals surface area contributed by atoms with Gasteiger partial charge < -0.3 is 21.3 Å². The molecule has 0 aliphatic heterocycles. The van der Waals surface area contributed by atoms with Gasteiger partial charge in [0.1, 0.15) is 0 Å². The average molecular weight is 477 g/mol. The maximum absolute atomic E-state index is 11.9. The van der Waals surface area contributed by atoms with Crippen molar-refractivity contribution >= 4 is 28.9 Å². The third kappa shape index (κ3) is 9.02. The van der Waals surface area contributed by atoms with Crippen molar-refractivity contribution < 1.29 is 4.79 Å². The van der Waals surface area contributed by atoms with Crippen LogP contribution in [-0.2, 0) is 4.79 Å². The first-order valence-corrected chi connectivity index (χ1v) is 12.6. The Morgan fingerprint density at radius 1 is 0.857 bits per heavy atom. The number of nitrogens with two attached hydrogens (primary N) is 1. The summed E-state index contributed by atoms with van der Waals surface area (Å²) in [5.74, 6) is 0.604. The lowest BCUT2D eigenvalue weighted by atomic mass is 10.1. The SMILES string of the molecule is CCCCC(=O)Nc1ccc(-c2ccnc(Nc3ccc(N(CCC)CCC)cc3)n2)cc1.CN. The Morgan fingerprint density at radius 3 is 2.09 bits per heavy atom.